The Morgan fingerprint density at radius 2 is 1.89 bits per heavy atom. The largest absolute Gasteiger partial charge is 0.482 e. The summed E-state index contributed by atoms with van der Waals surface area (Å²) in [7, 11) is -0.554. The predicted octanol–water partition coefficient (Wildman–Crippen LogP) is 3.04. The Hall–Kier alpha value is -2.78. The molecule has 2 amide bonds. The smallest absolute Gasteiger partial charge is 0.404 e. The lowest BCUT2D eigenvalue weighted by molar-refractivity contribution is -0.199. The third-order valence-corrected chi connectivity index (χ3v) is 9.52. The van der Waals surface area contributed by atoms with Gasteiger partial charge in [-0.05, 0) is 68.8 Å². The fourth-order valence-corrected chi connectivity index (χ4v) is 6.80. The molecule has 2 heterocycles. The van der Waals surface area contributed by atoms with E-state index in [0.29, 0.717) is 31.1 Å². The third-order valence-electron chi connectivity index (χ3n) is 9.52. The topological polar surface area (TPSA) is 102 Å². The van der Waals surface area contributed by atoms with E-state index in [0.717, 1.165) is 12.0 Å². The molecule has 37 heavy (non-hydrogen) atoms. The quantitative estimate of drug-likeness (QED) is 0.565. The number of benzene rings is 1. The second-order valence-corrected chi connectivity index (χ2v) is 12.2. The van der Waals surface area contributed by atoms with Gasteiger partial charge in [-0.2, -0.15) is 0 Å². The van der Waals surface area contributed by atoms with Crippen molar-refractivity contribution in [2.24, 2.45) is 17.3 Å². The Bertz CT molecular complexity index is 1200. The van der Waals surface area contributed by atoms with Gasteiger partial charge < -0.3 is 19.9 Å². The molecule has 2 aromatic rings. The maximum absolute atomic E-state index is 13.6. The molecule has 194 valence electrons. The van der Waals surface area contributed by atoms with Crippen molar-refractivity contribution in [2.75, 3.05) is 0 Å². The van der Waals surface area contributed by atoms with Crippen molar-refractivity contribution in [1.29, 1.82) is 0 Å². The van der Waals surface area contributed by atoms with E-state index >= 15 is 0 Å². The van der Waals surface area contributed by atoms with Crippen LogP contribution in [0.4, 0.5) is 0 Å². The SMILES string of the molecule is Cc1ccc(C[C@H](NC(=O)C2(NC(=O)c3cnccn3)CC2)B2O[C@@H]3C[C@@H]4C[C@@H](C4(C)C)[C@]3(C)O2)cc1. The third kappa shape index (κ3) is 4.16. The molecule has 0 radical (unpaired) electrons. The molecular weight excluding hydrogens is 467 g/mol. The summed E-state index contributed by atoms with van der Waals surface area (Å²) in [6.45, 7) is 8.92. The number of carbonyl (C=O) groups is 2. The summed E-state index contributed by atoms with van der Waals surface area (Å²) in [4.78, 5) is 34.4. The highest BCUT2D eigenvalue weighted by Crippen LogP contribution is 2.65. The number of amides is 2. The predicted molar refractivity (Wildman–Crippen MR) is 138 cm³/mol. The van der Waals surface area contributed by atoms with E-state index in [1.807, 2.05) is 0 Å². The van der Waals surface area contributed by atoms with Crippen molar-refractivity contribution >= 4 is 18.9 Å². The van der Waals surface area contributed by atoms with Crippen LogP contribution >= 0.6 is 0 Å². The summed E-state index contributed by atoms with van der Waals surface area (Å²) in [6.07, 6.45) is 8.29. The van der Waals surface area contributed by atoms with Crippen molar-refractivity contribution in [3.63, 3.8) is 0 Å². The van der Waals surface area contributed by atoms with Crippen LogP contribution in [0.15, 0.2) is 42.9 Å². The Morgan fingerprint density at radius 1 is 1.14 bits per heavy atom. The van der Waals surface area contributed by atoms with Crippen molar-refractivity contribution in [2.45, 2.75) is 83.0 Å². The fraction of sp³-hybridized carbons (Fsp3) is 0.571. The van der Waals surface area contributed by atoms with Crippen LogP contribution in [0.1, 0.15) is 68.1 Å². The maximum Gasteiger partial charge on any atom is 0.482 e. The van der Waals surface area contributed by atoms with E-state index in [1.165, 1.54) is 30.6 Å². The van der Waals surface area contributed by atoms with Crippen molar-refractivity contribution in [1.82, 2.24) is 20.6 Å². The second-order valence-electron chi connectivity index (χ2n) is 12.2. The molecule has 1 aliphatic heterocycles. The molecule has 4 saturated carbocycles. The Labute approximate surface area is 218 Å². The molecule has 1 saturated heterocycles. The van der Waals surface area contributed by atoms with Gasteiger partial charge in [-0.1, -0.05) is 43.7 Å². The van der Waals surface area contributed by atoms with E-state index in [2.05, 4.69) is 72.6 Å². The molecule has 7 rings (SSSR count). The van der Waals surface area contributed by atoms with Crippen LogP contribution in [0.25, 0.3) is 0 Å². The van der Waals surface area contributed by atoms with E-state index in [4.69, 9.17) is 9.31 Å². The average molecular weight is 502 g/mol. The Kier molecular flexibility index (Phi) is 5.73. The lowest BCUT2D eigenvalue weighted by atomic mass is 9.43. The number of hydrogen-bond donors (Lipinski definition) is 2. The minimum absolute atomic E-state index is 0.0259. The van der Waals surface area contributed by atoms with Gasteiger partial charge in [0.15, 0.2) is 0 Å². The molecule has 5 fully saturated rings. The number of aromatic nitrogens is 2. The molecule has 0 spiro atoms. The molecular formula is C28H35BN4O4. The van der Waals surface area contributed by atoms with Crippen LogP contribution < -0.4 is 10.6 Å². The zero-order chi connectivity index (χ0) is 26.0. The van der Waals surface area contributed by atoms with E-state index in [1.54, 1.807) is 0 Å². The highest BCUT2D eigenvalue weighted by Gasteiger charge is 2.68. The van der Waals surface area contributed by atoms with Crippen LogP contribution in [0.3, 0.4) is 0 Å². The number of carbonyl (C=O) groups excluding carboxylic acids is 2. The van der Waals surface area contributed by atoms with E-state index in [9.17, 15) is 9.59 Å². The first-order chi connectivity index (χ1) is 17.6. The van der Waals surface area contributed by atoms with Gasteiger partial charge in [0.25, 0.3) is 5.91 Å². The van der Waals surface area contributed by atoms with Gasteiger partial charge in [0.1, 0.15) is 11.2 Å². The number of nitrogens with one attached hydrogen (secondary N) is 2. The van der Waals surface area contributed by atoms with Crippen LogP contribution in [0.5, 0.6) is 0 Å². The number of rotatable bonds is 7. The lowest BCUT2D eigenvalue weighted by Crippen LogP contribution is -2.65. The van der Waals surface area contributed by atoms with E-state index < -0.39 is 18.6 Å². The van der Waals surface area contributed by atoms with Gasteiger partial charge in [-0.15, -0.1) is 0 Å². The standard InChI is InChI=1S/C28H35BN4O4/c1-17-5-7-18(8-6-17)13-23(29-36-22-15-19-14-21(26(19,2)3)27(22,4)37-29)32-25(35)28(9-10-28)33-24(34)20-16-30-11-12-31-20/h5-8,11-12,16,19,21-23H,9-10,13-15H2,1-4H3,(H,32,35)(H,33,34)/t19-,21-,22+,23-,27-/m0/s1. The molecule has 2 bridgehead atoms. The molecule has 5 aliphatic rings. The molecule has 1 aromatic heterocycles. The van der Waals surface area contributed by atoms with Crippen LogP contribution in [0, 0.1) is 24.2 Å². The highest BCUT2D eigenvalue weighted by atomic mass is 16.7. The van der Waals surface area contributed by atoms with Gasteiger partial charge in [-0.25, -0.2) is 4.98 Å². The van der Waals surface area contributed by atoms with Crippen LogP contribution in [0.2, 0.25) is 0 Å². The molecule has 1 aromatic carbocycles. The maximum atomic E-state index is 13.6. The number of hydrogen-bond acceptors (Lipinski definition) is 6. The molecule has 9 heteroatoms. The fourth-order valence-electron chi connectivity index (χ4n) is 6.80. The summed E-state index contributed by atoms with van der Waals surface area (Å²) in [5.41, 5.74) is 1.40. The van der Waals surface area contributed by atoms with Crippen molar-refractivity contribution < 1.29 is 18.9 Å². The molecule has 0 unspecified atom stereocenters. The Morgan fingerprint density at radius 3 is 2.54 bits per heavy atom. The van der Waals surface area contributed by atoms with Crippen molar-refractivity contribution in [3.05, 3.63) is 59.7 Å². The normalized spacial score (nSPS) is 31.0. The summed E-state index contributed by atoms with van der Waals surface area (Å²) in [5.74, 6) is 0.0897. The number of aryl methyl sites for hydroxylation is 1. The summed E-state index contributed by atoms with van der Waals surface area (Å²) in [5, 5.41) is 6.12. The van der Waals surface area contributed by atoms with Gasteiger partial charge in [-0.3, -0.25) is 14.6 Å². The molecule has 5 atom stereocenters. The van der Waals surface area contributed by atoms with Crippen LogP contribution in [-0.4, -0.2) is 52.1 Å². The zero-order valence-corrected chi connectivity index (χ0v) is 22.0. The molecule has 8 nitrogen and oxygen atoms in total. The average Bonchev–Trinajstić information content (AvgIpc) is 3.57. The van der Waals surface area contributed by atoms with Gasteiger partial charge in [0.05, 0.1) is 23.8 Å². The zero-order valence-electron chi connectivity index (χ0n) is 22.0. The molecule has 4 aliphatic carbocycles. The van der Waals surface area contributed by atoms with Gasteiger partial charge in [0.2, 0.25) is 5.91 Å². The first kappa shape index (κ1) is 24.6. The van der Waals surface area contributed by atoms with Crippen molar-refractivity contribution in [3.8, 4) is 0 Å². The molecule has 2 N–H and O–H groups in total. The first-order valence-corrected chi connectivity index (χ1v) is 13.4. The minimum atomic E-state index is -0.945. The monoisotopic (exact) mass is 502 g/mol. The second kappa shape index (κ2) is 8.63. The van der Waals surface area contributed by atoms with Gasteiger partial charge >= 0.3 is 7.12 Å². The summed E-state index contributed by atoms with van der Waals surface area (Å²) in [6, 6.07) is 8.32. The Balaban J connectivity index is 1.21. The summed E-state index contributed by atoms with van der Waals surface area (Å²) >= 11 is 0. The minimum Gasteiger partial charge on any atom is -0.404 e. The van der Waals surface area contributed by atoms with Crippen LogP contribution in [-0.2, 0) is 20.5 Å². The highest BCUT2D eigenvalue weighted by molar-refractivity contribution is 6.48. The van der Waals surface area contributed by atoms with Gasteiger partial charge in [0, 0.05) is 12.4 Å². The lowest BCUT2D eigenvalue weighted by Gasteiger charge is -2.64. The number of nitrogens with zero attached hydrogens (tertiary/aromatic N) is 2. The first-order valence-electron chi connectivity index (χ1n) is 13.4. The summed E-state index contributed by atoms with van der Waals surface area (Å²) < 4.78 is 13.3. The van der Waals surface area contributed by atoms with E-state index in [-0.39, 0.29) is 34.7 Å².